The average Bonchev–Trinajstić information content (AvgIpc) is 3.14. The number of benzene rings is 2. The standard InChI is InChI=1S/C18H13F4N3O2/c19-14-9-12(5-6-15(14)25-8-7-23-11-25)24-17(26)10-27-16-4-2-1-3-13(16)18(20,21)22/h1-9,11H,10H2,(H,24,26). The minimum Gasteiger partial charge on any atom is -0.483 e. The SMILES string of the molecule is O=C(COc1ccccc1C(F)(F)F)Nc1ccc(-n2ccnc2)c(F)c1. The Morgan fingerprint density at radius 1 is 1.19 bits per heavy atom. The molecule has 1 amide bonds. The van der Waals surface area contributed by atoms with Crippen LogP contribution < -0.4 is 10.1 Å². The lowest BCUT2D eigenvalue weighted by Gasteiger charge is -2.14. The van der Waals surface area contributed by atoms with Crippen LogP contribution in [0.5, 0.6) is 5.75 Å². The summed E-state index contributed by atoms with van der Waals surface area (Å²) in [6.07, 6.45) is -0.129. The van der Waals surface area contributed by atoms with Gasteiger partial charge in [-0.1, -0.05) is 12.1 Å². The van der Waals surface area contributed by atoms with Gasteiger partial charge in [0.15, 0.2) is 6.61 Å². The van der Waals surface area contributed by atoms with Crippen LogP contribution in [0.3, 0.4) is 0 Å². The van der Waals surface area contributed by atoms with Crippen molar-refractivity contribution in [2.75, 3.05) is 11.9 Å². The van der Waals surface area contributed by atoms with Crippen LogP contribution >= 0.6 is 0 Å². The van der Waals surface area contributed by atoms with E-state index in [0.29, 0.717) is 0 Å². The summed E-state index contributed by atoms with van der Waals surface area (Å²) in [6.45, 7) is -0.655. The number of ether oxygens (including phenoxy) is 1. The van der Waals surface area contributed by atoms with Crippen LogP contribution in [0, 0.1) is 5.82 Å². The number of rotatable bonds is 5. The number of anilines is 1. The van der Waals surface area contributed by atoms with E-state index in [-0.39, 0.29) is 11.4 Å². The predicted molar refractivity (Wildman–Crippen MR) is 89.1 cm³/mol. The third kappa shape index (κ3) is 4.43. The van der Waals surface area contributed by atoms with Crippen LogP contribution in [0.1, 0.15) is 5.56 Å². The van der Waals surface area contributed by atoms with Gasteiger partial charge in [0.2, 0.25) is 0 Å². The van der Waals surface area contributed by atoms with Crippen molar-refractivity contribution in [1.82, 2.24) is 9.55 Å². The van der Waals surface area contributed by atoms with Gasteiger partial charge in [-0.05, 0) is 30.3 Å². The van der Waals surface area contributed by atoms with Crippen molar-refractivity contribution in [2.45, 2.75) is 6.18 Å². The lowest BCUT2D eigenvalue weighted by Crippen LogP contribution is -2.21. The molecule has 9 heteroatoms. The average molecular weight is 379 g/mol. The summed E-state index contributed by atoms with van der Waals surface area (Å²) in [5.74, 6) is -1.78. The molecule has 140 valence electrons. The number of carbonyl (C=O) groups excluding carboxylic acids is 1. The van der Waals surface area contributed by atoms with E-state index in [4.69, 9.17) is 4.74 Å². The molecule has 0 atom stereocenters. The van der Waals surface area contributed by atoms with Crippen LogP contribution in [0.2, 0.25) is 0 Å². The molecule has 3 rings (SSSR count). The van der Waals surface area contributed by atoms with Crippen LogP contribution in [0.25, 0.3) is 5.69 Å². The van der Waals surface area contributed by atoms with Crippen LogP contribution in [0.4, 0.5) is 23.2 Å². The van der Waals surface area contributed by atoms with Crippen molar-refractivity contribution in [3.05, 3.63) is 72.6 Å². The molecule has 0 spiro atoms. The molecule has 0 fully saturated rings. The second-order valence-electron chi connectivity index (χ2n) is 5.47. The van der Waals surface area contributed by atoms with E-state index in [9.17, 15) is 22.4 Å². The molecule has 1 aromatic heterocycles. The lowest BCUT2D eigenvalue weighted by molar-refractivity contribution is -0.139. The maximum atomic E-state index is 14.1. The molecule has 0 aliphatic heterocycles. The van der Waals surface area contributed by atoms with E-state index < -0.39 is 35.8 Å². The number of para-hydroxylation sites is 1. The van der Waals surface area contributed by atoms with Gasteiger partial charge in [0, 0.05) is 18.1 Å². The van der Waals surface area contributed by atoms with Crippen molar-refractivity contribution in [2.24, 2.45) is 0 Å². The van der Waals surface area contributed by atoms with Gasteiger partial charge >= 0.3 is 6.18 Å². The predicted octanol–water partition coefficient (Wildman–Crippen LogP) is 4.05. The number of halogens is 4. The molecule has 2 aromatic carbocycles. The van der Waals surface area contributed by atoms with Gasteiger partial charge in [-0.25, -0.2) is 9.37 Å². The van der Waals surface area contributed by atoms with Crippen molar-refractivity contribution < 1.29 is 27.1 Å². The van der Waals surface area contributed by atoms with E-state index in [2.05, 4.69) is 10.3 Å². The molecule has 0 saturated heterocycles. The van der Waals surface area contributed by atoms with Gasteiger partial charge in [0.25, 0.3) is 5.91 Å². The monoisotopic (exact) mass is 379 g/mol. The maximum absolute atomic E-state index is 14.1. The summed E-state index contributed by atoms with van der Waals surface area (Å²) in [7, 11) is 0. The fourth-order valence-electron chi connectivity index (χ4n) is 2.36. The second-order valence-corrected chi connectivity index (χ2v) is 5.47. The molecular weight excluding hydrogens is 366 g/mol. The molecule has 0 bridgehead atoms. The summed E-state index contributed by atoms with van der Waals surface area (Å²) in [4.78, 5) is 15.7. The maximum Gasteiger partial charge on any atom is 0.419 e. The first-order valence-electron chi connectivity index (χ1n) is 7.71. The highest BCUT2D eigenvalue weighted by molar-refractivity contribution is 5.92. The zero-order chi connectivity index (χ0) is 19.4. The number of amides is 1. The van der Waals surface area contributed by atoms with E-state index in [0.717, 1.165) is 18.2 Å². The smallest absolute Gasteiger partial charge is 0.419 e. The lowest BCUT2D eigenvalue weighted by atomic mass is 10.2. The summed E-state index contributed by atoms with van der Waals surface area (Å²) in [6, 6.07) is 8.56. The fourth-order valence-corrected chi connectivity index (χ4v) is 2.36. The van der Waals surface area contributed by atoms with E-state index >= 15 is 0 Å². The topological polar surface area (TPSA) is 56.1 Å². The number of alkyl halides is 3. The molecule has 1 N–H and O–H groups in total. The first-order valence-corrected chi connectivity index (χ1v) is 7.71. The van der Waals surface area contributed by atoms with Crippen LogP contribution in [0.15, 0.2) is 61.2 Å². The number of aromatic nitrogens is 2. The Balaban J connectivity index is 1.65. The largest absolute Gasteiger partial charge is 0.483 e. The van der Waals surface area contributed by atoms with E-state index in [1.165, 1.54) is 41.4 Å². The van der Waals surface area contributed by atoms with Crippen molar-refractivity contribution in [1.29, 1.82) is 0 Å². The molecule has 0 aliphatic rings. The highest BCUT2D eigenvalue weighted by Gasteiger charge is 2.34. The molecular formula is C18H13F4N3O2. The number of carbonyl (C=O) groups is 1. The Hall–Kier alpha value is -3.36. The summed E-state index contributed by atoms with van der Waals surface area (Å²) in [5, 5.41) is 2.37. The number of hydrogen-bond acceptors (Lipinski definition) is 3. The van der Waals surface area contributed by atoms with E-state index in [1.54, 1.807) is 6.20 Å². The highest BCUT2D eigenvalue weighted by atomic mass is 19.4. The quantitative estimate of drug-likeness (QED) is 0.681. The number of nitrogens with zero attached hydrogens (tertiary/aromatic N) is 2. The Bertz CT molecular complexity index is 940. The first-order chi connectivity index (χ1) is 12.8. The van der Waals surface area contributed by atoms with Gasteiger partial charge in [-0.2, -0.15) is 13.2 Å². The van der Waals surface area contributed by atoms with Gasteiger partial charge in [0.05, 0.1) is 17.6 Å². The Morgan fingerprint density at radius 2 is 1.96 bits per heavy atom. The van der Waals surface area contributed by atoms with Crippen LogP contribution in [-0.2, 0) is 11.0 Å². The normalized spacial score (nSPS) is 11.3. The Morgan fingerprint density at radius 3 is 2.63 bits per heavy atom. The highest BCUT2D eigenvalue weighted by Crippen LogP contribution is 2.35. The molecule has 5 nitrogen and oxygen atoms in total. The minimum atomic E-state index is -4.60. The van der Waals surface area contributed by atoms with Crippen LogP contribution in [-0.4, -0.2) is 22.1 Å². The van der Waals surface area contributed by atoms with Crippen molar-refractivity contribution >= 4 is 11.6 Å². The molecule has 0 saturated carbocycles. The molecule has 0 radical (unpaired) electrons. The third-order valence-electron chi connectivity index (χ3n) is 3.57. The number of nitrogens with one attached hydrogen (secondary N) is 1. The van der Waals surface area contributed by atoms with Gasteiger partial charge in [0.1, 0.15) is 11.6 Å². The minimum absolute atomic E-state index is 0.147. The summed E-state index contributed by atoms with van der Waals surface area (Å²) in [5.41, 5.74) is -0.594. The second kappa shape index (κ2) is 7.48. The Labute approximate surface area is 151 Å². The fraction of sp³-hybridized carbons (Fsp3) is 0.111. The zero-order valence-corrected chi connectivity index (χ0v) is 13.7. The number of hydrogen-bond donors (Lipinski definition) is 1. The van der Waals surface area contributed by atoms with Gasteiger partial charge in [-0.15, -0.1) is 0 Å². The molecule has 0 unspecified atom stereocenters. The van der Waals surface area contributed by atoms with E-state index in [1.807, 2.05) is 0 Å². The van der Waals surface area contributed by atoms with Gasteiger partial charge < -0.3 is 14.6 Å². The zero-order valence-electron chi connectivity index (χ0n) is 13.7. The van der Waals surface area contributed by atoms with Crippen molar-refractivity contribution in [3.8, 4) is 11.4 Å². The summed E-state index contributed by atoms with van der Waals surface area (Å²) < 4.78 is 59.2. The Kier molecular flexibility index (Phi) is 5.11. The molecule has 27 heavy (non-hydrogen) atoms. The third-order valence-corrected chi connectivity index (χ3v) is 3.57. The summed E-state index contributed by atoms with van der Waals surface area (Å²) >= 11 is 0. The molecule has 3 aromatic rings. The van der Waals surface area contributed by atoms with Crippen molar-refractivity contribution in [3.63, 3.8) is 0 Å². The number of imidazole rings is 1. The molecule has 0 aliphatic carbocycles. The first kappa shape index (κ1) is 18.4. The molecule has 1 heterocycles. The van der Waals surface area contributed by atoms with Gasteiger partial charge in [-0.3, -0.25) is 4.79 Å².